The first-order chi connectivity index (χ1) is 10.2. The molecule has 1 aliphatic carbocycles. The predicted octanol–water partition coefficient (Wildman–Crippen LogP) is 1.55. The van der Waals surface area contributed by atoms with E-state index in [1.54, 1.807) is 0 Å². The molecule has 0 aromatic heterocycles. The molecular weight excluding hydrogens is 268 g/mol. The Balaban J connectivity index is 1.78. The Bertz CT molecular complexity index is 321. The Morgan fingerprint density at radius 3 is 2.57 bits per heavy atom. The topological polar surface area (TPSA) is 64.8 Å². The van der Waals surface area contributed by atoms with Crippen LogP contribution in [-0.2, 0) is 14.3 Å². The summed E-state index contributed by atoms with van der Waals surface area (Å²) in [5.74, 6) is 0.884. The minimum Gasteiger partial charge on any atom is -0.378 e. The Morgan fingerprint density at radius 1 is 1.33 bits per heavy atom. The van der Waals surface area contributed by atoms with Gasteiger partial charge in [-0.3, -0.25) is 4.79 Å². The molecule has 0 aromatic carbocycles. The molecule has 5 nitrogen and oxygen atoms in total. The highest BCUT2D eigenvalue weighted by Crippen LogP contribution is 2.36. The molecule has 0 unspecified atom stereocenters. The zero-order valence-electron chi connectivity index (χ0n) is 13.3. The molecule has 1 saturated carbocycles. The highest BCUT2D eigenvalue weighted by molar-refractivity contribution is 5.77. The van der Waals surface area contributed by atoms with Crippen molar-refractivity contribution in [3.05, 3.63) is 0 Å². The summed E-state index contributed by atoms with van der Waals surface area (Å²) in [5, 5.41) is 0. The van der Waals surface area contributed by atoms with E-state index in [9.17, 15) is 4.79 Å². The van der Waals surface area contributed by atoms with Gasteiger partial charge in [0, 0.05) is 19.6 Å². The van der Waals surface area contributed by atoms with E-state index in [4.69, 9.17) is 15.2 Å². The maximum Gasteiger partial charge on any atom is 0.248 e. The van der Waals surface area contributed by atoms with Gasteiger partial charge in [0.1, 0.15) is 6.61 Å². The second kappa shape index (κ2) is 8.11. The number of hydrogen-bond acceptors (Lipinski definition) is 4. The number of carbonyl (C=O) groups is 1. The van der Waals surface area contributed by atoms with Crippen molar-refractivity contribution in [2.45, 2.75) is 51.0 Å². The summed E-state index contributed by atoms with van der Waals surface area (Å²) in [6.07, 6.45) is 6.88. The van der Waals surface area contributed by atoms with E-state index < -0.39 is 0 Å². The number of carbonyl (C=O) groups excluding carboxylic acids is 1. The third-order valence-electron chi connectivity index (χ3n) is 4.95. The van der Waals surface area contributed by atoms with E-state index >= 15 is 0 Å². The van der Waals surface area contributed by atoms with E-state index in [1.165, 1.54) is 25.7 Å². The highest BCUT2D eigenvalue weighted by atomic mass is 16.5. The predicted molar refractivity (Wildman–Crippen MR) is 82.0 cm³/mol. The summed E-state index contributed by atoms with van der Waals surface area (Å²) in [7, 11) is 0. The quantitative estimate of drug-likeness (QED) is 0.808. The number of nitrogens with zero attached hydrogens (tertiary/aromatic N) is 1. The fourth-order valence-corrected chi connectivity index (χ4v) is 3.43. The third kappa shape index (κ3) is 4.66. The standard InChI is InChI=1S/C16H30N2O3/c1-2-3-14-4-6-16(13-17,7-5-14)21-12-15(19)18-8-10-20-11-9-18/h14H,2-13,17H2,1H3. The van der Waals surface area contributed by atoms with Gasteiger partial charge in [0.05, 0.1) is 18.8 Å². The van der Waals surface area contributed by atoms with E-state index in [0.717, 1.165) is 18.8 Å². The molecule has 2 fully saturated rings. The van der Waals surface area contributed by atoms with Gasteiger partial charge in [0.2, 0.25) is 5.91 Å². The largest absolute Gasteiger partial charge is 0.378 e. The molecule has 0 atom stereocenters. The van der Waals surface area contributed by atoms with Gasteiger partial charge >= 0.3 is 0 Å². The first-order valence-electron chi connectivity index (χ1n) is 8.38. The van der Waals surface area contributed by atoms with Crippen LogP contribution < -0.4 is 5.73 Å². The van der Waals surface area contributed by atoms with Crippen molar-refractivity contribution >= 4 is 5.91 Å². The van der Waals surface area contributed by atoms with Crippen molar-refractivity contribution in [2.24, 2.45) is 11.7 Å². The molecule has 21 heavy (non-hydrogen) atoms. The molecule has 0 aromatic rings. The maximum absolute atomic E-state index is 12.2. The van der Waals surface area contributed by atoms with Gasteiger partial charge in [0.25, 0.3) is 0 Å². The molecule has 0 radical (unpaired) electrons. The number of morpholine rings is 1. The minimum atomic E-state index is -0.272. The Kier molecular flexibility index (Phi) is 6.45. The Labute approximate surface area is 128 Å². The van der Waals surface area contributed by atoms with Crippen molar-refractivity contribution in [3.8, 4) is 0 Å². The van der Waals surface area contributed by atoms with Crippen LogP contribution in [0.25, 0.3) is 0 Å². The number of hydrogen-bond donors (Lipinski definition) is 1. The molecule has 1 amide bonds. The smallest absolute Gasteiger partial charge is 0.248 e. The molecule has 0 bridgehead atoms. The average molecular weight is 298 g/mol. The van der Waals surface area contributed by atoms with Crippen molar-refractivity contribution in [1.29, 1.82) is 0 Å². The lowest BCUT2D eigenvalue weighted by Gasteiger charge is -2.39. The second-order valence-corrected chi connectivity index (χ2v) is 6.40. The fraction of sp³-hybridized carbons (Fsp3) is 0.938. The molecule has 1 heterocycles. The van der Waals surface area contributed by atoms with Crippen LogP contribution in [0.5, 0.6) is 0 Å². The third-order valence-corrected chi connectivity index (χ3v) is 4.95. The van der Waals surface area contributed by atoms with Crippen LogP contribution in [0, 0.1) is 5.92 Å². The molecule has 1 saturated heterocycles. The number of rotatable bonds is 6. The van der Waals surface area contributed by atoms with E-state index in [0.29, 0.717) is 32.8 Å². The van der Waals surface area contributed by atoms with Gasteiger partial charge in [-0.25, -0.2) is 0 Å². The van der Waals surface area contributed by atoms with Crippen LogP contribution in [-0.4, -0.2) is 55.9 Å². The van der Waals surface area contributed by atoms with Gasteiger partial charge in [0.15, 0.2) is 0 Å². The van der Waals surface area contributed by atoms with Crippen LogP contribution in [0.4, 0.5) is 0 Å². The fourth-order valence-electron chi connectivity index (χ4n) is 3.43. The van der Waals surface area contributed by atoms with E-state index in [1.807, 2.05) is 4.90 Å². The Hall–Kier alpha value is -0.650. The van der Waals surface area contributed by atoms with Gasteiger partial charge in [-0.1, -0.05) is 19.8 Å². The monoisotopic (exact) mass is 298 g/mol. The van der Waals surface area contributed by atoms with Crippen LogP contribution in [0.2, 0.25) is 0 Å². The lowest BCUT2D eigenvalue weighted by molar-refractivity contribution is -0.150. The molecule has 5 heteroatoms. The molecule has 2 aliphatic rings. The van der Waals surface area contributed by atoms with Crippen molar-refractivity contribution < 1.29 is 14.3 Å². The van der Waals surface area contributed by atoms with Crippen molar-refractivity contribution in [2.75, 3.05) is 39.5 Å². The van der Waals surface area contributed by atoms with Crippen LogP contribution >= 0.6 is 0 Å². The summed E-state index contributed by atoms with van der Waals surface area (Å²) in [6, 6.07) is 0. The van der Waals surface area contributed by atoms with E-state index in [-0.39, 0.29) is 18.1 Å². The second-order valence-electron chi connectivity index (χ2n) is 6.40. The molecule has 122 valence electrons. The minimum absolute atomic E-state index is 0.0711. The van der Waals surface area contributed by atoms with Gasteiger partial charge < -0.3 is 20.1 Å². The number of nitrogens with two attached hydrogens (primary N) is 1. The molecular formula is C16H30N2O3. The summed E-state index contributed by atoms with van der Waals surface area (Å²) in [4.78, 5) is 14.0. The number of ether oxygens (including phenoxy) is 2. The summed E-state index contributed by atoms with van der Waals surface area (Å²) in [6.45, 7) is 5.53. The Morgan fingerprint density at radius 2 is 2.00 bits per heavy atom. The van der Waals surface area contributed by atoms with Crippen LogP contribution in [0.15, 0.2) is 0 Å². The maximum atomic E-state index is 12.2. The lowest BCUT2D eigenvalue weighted by atomic mass is 9.77. The average Bonchev–Trinajstić information content (AvgIpc) is 2.55. The molecule has 2 N–H and O–H groups in total. The highest BCUT2D eigenvalue weighted by Gasteiger charge is 2.35. The van der Waals surface area contributed by atoms with Crippen LogP contribution in [0.3, 0.4) is 0 Å². The normalized spacial score (nSPS) is 30.4. The summed E-state index contributed by atoms with van der Waals surface area (Å²) < 4.78 is 11.3. The zero-order valence-corrected chi connectivity index (χ0v) is 13.3. The van der Waals surface area contributed by atoms with E-state index in [2.05, 4.69) is 6.92 Å². The molecule has 0 spiro atoms. The van der Waals surface area contributed by atoms with Crippen molar-refractivity contribution in [1.82, 2.24) is 4.90 Å². The molecule has 1 aliphatic heterocycles. The van der Waals surface area contributed by atoms with Crippen LogP contribution in [0.1, 0.15) is 45.4 Å². The van der Waals surface area contributed by atoms with Gasteiger partial charge in [-0.2, -0.15) is 0 Å². The SMILES string of the molecule is CCCC1CCC(CN)(OCC(=O)N2CCOCC2)CC1. The first-order valence-corrected chi connectivity index (χ1v) is 8.38. The lowest BCUT2D eigenvalue weighted by Crippen LogP contribution is -2.48. The summed E-state index contributed by atoms with van der Waals surface area (Å²) >= 11 is 0. The van der Waals surface area contributed by atoms with Crippen molar-refractivity contribution in [3.63, 3.8) is 0 Å². The zero-order chi connectivity index (χ0) is 15.1. The van der Waals surface area contributed by atoms with Gasteiger partial charge in [-0.05, 0) is 31.6 Å². The first kappa shape index (κ1) is 16.7. The number of amides is 1. The molecule has 2 rings (SSSR count). The van der Waals surface area contributed by atoms with Gasteiger partial charge in [-0.15, -0.1) is 0 Å². The summed E-state index contributed by atoms with van der Waals surface area (Å²) in [5.41, 5.74) is 5.68.